The quantitative estimate of drug-likeness (QED) is 0.805. The fourth-order valence-corrected chi connectivity index (χ4v) is 2.53. The number of carbonyl (C=O) groups excluding carboxylic acids is 1. The van der Waals surface area contributed by atoms with E-state index in [0.717, 1.165) is 5.69 Å². The van der Waals surface area contributed by atoms with Crippen molar-refractivity contribution < 1.29 is 4.79 Å². The van der Waals surface area contributed by atoms with Gasteiger partial charge in [0.25, 0.3) is 5.91 Å². The second-order valence-corrected chi connectivity index (χ2v) is 5.66. The molecule has 6 nitrogen and oxygen atoms in total. The zero-order valence-corrected chi connectivity index (χ0v) is 13.4. The molecule has 0 saturated carbocycles. The summed E-state index contributed by atoms with van der Waals surface area (Å²) >= 11 is 0. The largest absolute Gasteiger partial charge is 0.318 e. The standard InChI is InChI=1S/C17H19N5O/c1-12-5-4-6-14(7-12)10-22-11-15(9-18-22)19-17(23)16-8-13(2)20-21(16)3/h4-9,11H,10H2,1-3H3,(H,19,23). The van der Waals surface area contributed by atoms with Gasteiger partial charge in [0.15, 0.2) is 0 Å². The van der Waals surface area contributed by atoms with Crippen molar-refractivity contribution in [2.24, 2.45) is 7.05 Å². The van der Waals surface area contributed by atoms with Gasteiger partial charge in [0.05, 0.1) is 24.1 Å². The molecule has 0 saturated heterocycles. The number of rotatable bonds is 4. The summed E-state index contributed by atoms with van der Waals surface area (Å²) in [4.78, 5) is 12.3. The minimum atomic E-state index is -0.191. The van der Waals surface area contributed by atoms with E-state index in [9.17, 15) is 4.79 Å². The Morgan fingerprint density at radius 1 is 1.26 bits per heavy atom. The number of amides is 1. The van der Waals surface area contributed by atoms with E-state index in [-0.39, 0.29) is 5.91 Å². The minimum absolute atomic E-state index is 0.191. The highest BCUT2D eigenvalue weighted by molar-refractivity contribution is 6.02. The zero-order valence-electron chi connectivity index (χ0n) is 13.4. The molecule has 0 aliphatic heterocycles. The van der Waals surface area contributed by atoms with Crippen molar-refractivity contribution in [2.75, 3.05) is 5.32 Å². The number of carbonyl (C=O) groups is 1. The van der Waals surface area contributed by atoms with Gasteiger partial charge in [-0.3, -0.25) is 14.2 Å². The Bertz CT molecular complexity index is 846. The predicted octanol–water partition coefficient (Wildman–Crippen LogP) is 2.53. The van der Waals surface area contributed by atoms with Crippen LogP contribution in [-0.4, -0.2) is 25.5 Å². The van der Waals surface area contributed by atoms with Gasteiger partial charge >= 0.3 is 0 Å². The number of anilines is 1. The van der Waals surface area contributed by atoms with Crippen LogP contribution in [0.5, 0.6) is 0 Å². The lowest BCUT2D eigenvalue weighted by molar-refractivity contribution is 0.101. The van der Waals surface area contributed by atoms with Gasteiger partial charge in [-0.15, -0.1) is 0 Å². The Morgan fingerprint density at radius 2 is 2.09 bits per heavy atom. The smallest absolute Gasteiger partial charge is 0.274 e. The third-order valence-corrected chi connectivity index (χ3v) is 3.55. The molecule has 0 atom stereocenters. The van der Waals surface area contributed by atoms with Crippen LogP contribution in [0.2, 0.25) is 0 Å². The van der Waals surface area contributed by atoms with Crippen molar-refractivity contribution in [2.45, 2.75) is 20.4 Å². The Morgan fingerprint density at radius 3 is 2.78 bits per heavy atom. The van der Waals surface area contributed by atoms with Gasteiger partial charge in [0.2, 0.25) is 0 Å². The van der Waals surface area contributed by atoms with E-state index in [0.29, 0.717) is 17.9 Å². The predicted molar refractivity (Wildman–Crippen MR) is 88.4 cm³/mol. The topological polar surface area (TPSA) is 64.7 Å². The number of hydrogen-bond acceptors (Lipinski definition) is 3. The number of benzene rings is 1. The van der Waals surface area contributed by atoms with E-state index >= 15 is 0 Å². The fourth-order valence-electron chi connectivity index (χ4n) is 2.53. The van der Waals surface area contributed by atoms with Crippen LogP contribution in [0.3, 0.4) is 0 Å². The first-order valence-electron chi connectivity index (χ1n) is 7.41. The Balaban J connectivity index is 1.70. The molecule has 23 heavy (non-hydrogen) atoms. The molecule has 0 bridgehead atoms. The SMILES string of the molecule is Cc1cccc(Cn2cc(NC(=O)c3cc(C)nn3C)cn2)c1. The molecule has 3 rings (SSSR count). The summed E-state index contributed by atoms with van der Waals surface area (Å²) in [6, 6.07) is 10.0. The molecule has 0 radical (unpaired) electrons. The van der Waals surface area contributed by atoms with Crippen molar-refractivity contribution in [1.29, 1.82) is 0 Å². The Kier molecular flexibility index (Phi) is 3.97. The Hall–Kier alpha value is -2.89. The molecular formula is C17H19N5O. The first kappa shape index (κ1) is 15.0. The van der Waals surface area contributed by atoms with E-state index in [2.05, 4.69) is 40.6 Å². The van der Waals surface area contributed by atoms with Crippen molar-refractivity contribution >= 4 is 11.6 Å². The second-order valence-electron chi connectivity index (χ2n) is 5.66. The fraction of sp³-hybridized carbons (Fsp3) is 0.235. The van der Waals surface area contributed by atoms with Crippen LogP contribution in [0.1, 0.15) is 27.3 Å². The lowest BCUT2D eigenvalue weighted by Gasteiger charge is -2.03. The van der Waals surface area contributed by atoms with Gasteiger partial charge in [-0.25, -0.2) is 0 Å². The lowest BCUT2D eigenvalue weighted by atomic mass is 10.1. The highest BCUT2D eigenvalue weighted by Crippen LogP contribution is 2.11. The second kappa shape index (κ2) is 6.08. The number of nitrogens with one attached hydrogen (secondary N) is 1. The molecule has 2 heterocycles. The first-order chi connectivity index (χ1) is 11.0. The number of aryl methyl sites for hydroxylation is 3. The third kappa shape index (κ3) is 3.48. The van der Waals surface area contributed by atoms with Gasteiger partial charge < -0.3 is 5.32 Å². The molecule has 0 fully saturated rings. The molecule has 3 aromatic rings. The summed E-state index contributed by atoms with van der Waals surface area (Å²) in [5.74, 6) is -0.191. The third-order valence-electron chi connectivity index (χ3n) is 3.55. The van der Waals surface area contributed by atoms with E-state index in [1.54, 1.807) is 28.7 Å². The van der Waals surface area contributed by atoms with Crippen LogP contribution in [0.25, 0.3) is 0 Å². The van der Waals surface area contributed by atoms with Gasteiger partial charge in [0, 0.05) is 13.2 Å². The van der Waals surface area contributed by atoms with Crippen molar-refractivity contribution in [3.8, 4) is 0 Å². The zero-order chi connectivity index (χ0) is 16.4. The van der Waals surface area contributed by atoms with E-state index < -0.39 is 0 Å². The number of hydrogen-bond donors (Lipinski definition) is 1. The average Bonchev–Trinajstić information content (AvgIpc) is 3.05. The minimum Gasteiger partial charge on any atom is -0.318 e. The van der Waals surface area contributed by atoms with Crippen molar-refractivity contribution in [3.05, 3.63) is 65.2 Å². The lowest BCUT2D eigenvalue weighted by Crippen LogP contribution is -2.15. The molecule has 2 aromatic heterocycles. The first-order valence-corrected chi connectivity index (χ1v) is 7.41. The summed E-state index contributed by atoms with van der Waals surface area (Å²) in [5, 5.41) is 11.3. The molecule has 0 aliphatic rings. The van der Waals surface area contributed by atoms with Crippen LogP contribution in [-0.2, 0) is 13.6 Å². The maximum Gasteiger partial charge on any atom is 0.274 e. The van der Waals surface area contributed by atoms with Crippen LogP contribution < -0.4 is 5.32 Å². The molecule has 1 N–H and O–H groups in total. The number of nitrogens with zero attached hydrogens (tertiary/aromatic N) is 4. The molecule has 6 heteroatoms. The van der Waals surface area contributed by atoms with Gasteiger partial charge in [-0.2, -0.15) is 10.2 Å². The van der Waals surface area contributed by atoms with E-state index in [1.807, 2.05) is 19.2 Å². The monoisotopic (exact) mass is 309 g/mol. The summed E-state index contributed by atoms with van der Waals surface area (Å²) < 4.78 is 3.38. The van der Waals surface area contributed by atoms with Crippen LogP contribution in [0.15, 0.2) is 42.7 Å². The average molecular weight is 309 g/mol. The van der Waals surface area contributed by atoms with Crippen molar-refractivity contribution in [3.63, 3.8) is 0 Å². The highest BCUT2D eigenvalue weighted by atomic mass is 16.2. The normalized spacial score (nSPS) is 10.7. The summed E-state index contributed by atoms with van der Waals surface area (Å²) in [5.41, 5.74) is 4.39. The molecule has 0 spiro atoms. The highest BCUT2D eigenvalue weighted by Gasteiger charge is 2.12. The van der Waals surface area contributed by atoms with E-state index in [4.69, 9.17) is 0 Å². The van der Waals surface area contributed by atoms with Gasteiger partial charge in [-0.1, -0.05) is 29.8 Å². The molecule has 1 aromatic carbocycles. The van der Waals surface area contributed by atoms with Crippen LogP contribution in [0.4, 0.5) is 5.69 Å². The maximum atomic E-state index is 12.3. The van der Waals surface area contributed by atoms with Gasteiger partial charge in [0.1, 0.15) is 5.69 Å². The summed E-state index contributed by atoms with van der Waals surface area (Å²) in [6.07, 6.45) is 3.47. The number of aromatic nitrogens is 4. The molecule has 0 aliphatic carbocycles. The van der Waals surface area contributed by atoms with E-state index in [1.165, 1.54) is 11.1 Å². The van der Waals surface area contributed by atoms with Gasteiger partial charge in [-0.05, 0) is 25.5 Å². The molecular weight excluding hydrogens is 290 g/mol. The molecule has 118 valence electrons. The van der Waals surface area contributed by atoms with Crippen LogP contribution >= 0.6 is 0 Å². The molecule has 0 unspecified atom stereocenters. The Labute approximate surface area is 134 Å². The molecule has 1 amide bonds. The maximum absolute atomic E-state index is 12.3. The van der Waals surface area contributed by atoms with Crippen LogP contribution in [0, 0.1) is 13.8 Å². The summed E-state index contributed by atoms with van der Waals surface area (Å²) in [7, 11) is 1.75. The summed E-state index contributed by atoms with van der Waals surface area (Å²) in [6.45, 7) is 4.59. The van der Waals surface area contributed by atoms with Crippen molar-refractivity contribution in [1.82, 2.24) is 19.6 Å².